The highest BCUT2D eigenvalue weighted by Crippen LogP contribution is 2.15. The van der Waals surface area contributed by atoms with Crippen molar-refractivity contribution in [1.82, 2.24) is 4.90 Å². The molecule has 1 aromatic carbocycles. The number of hydrogen-bond donors (Lipinski definition) is 1. The van der Waals surface area contributed by atoms with Crippen LogP contribution in [0.5, 0.6) is 0 Å². The fourth-order valence-electron chi connectivity index (χ4n) is 1.96. The van der Waals surface area contributed by atoms with E-state index in [0.717, 1.165) is 24.9 Å². The minimum atomic E-state index is -0.212. The topological polar surface area (TPSA) is 55.6 Å². The van der Waals surface area contributed by atoms with Gasteiger partial charge in [-0.05, 0) is 18.4 Å². The third-order valence-electron chi connectivity index (χ3n) is 2.99. The number of carbonyl (C=O) groups is 1. The Kier molecular flexibility index (Phi) is 3.98. The summed E-state index contributed by atoms with van der Waals surface area (Å²) < 4.78 is 4.97. The van der Waals surface area contributed by atoms with Crippen molar-refractivity contribution in [2.24, 2.45) is 5.73 Å². The average molecular weight is 234 g/mol. The van der Waals surface area contributed by atoms with E-state index < -0.39 is 0 Å². The van der Waals surface area contributed by atoms with Gasteiger partial charge in [-0.3, -0.25) is 0 Å². The molecule has 1 aliphatic heterocycles. The van der Waals surface area contributed by atoms with Crippen LogP contribution in [-0.4, -0.2) is 30.7 Å². The molecule has 92 valence electrons. The minimum Gasteiger partial charge on any atom is -0.449 e. The summed E-state index contributed by atoms with van der Waals surface area (Å²) in [5.41, 5.74) is 7.19. The van der Waals surface area contributed by atoms with Crippen molar-refractivity contribution < 1.29 is 9.53 Å². The Morgan fingerprint density at radius 2 is 2.12 bits per heavy atom. The first-order valence-electron chi connectivity index (χ1n) is 5.99. The molecule has 4 nitrogen and oxygen atoms in total. The Labute approximate surface area is 101 Å². The third kappa shape index (κ3) is 3.20. The second-order valence-corrected chi connectivity index (χ2v) is 4.26. The van der Waals surface area contributed by atoms with E-state index in [2.05, 4.69) is 0 Å². The largest absolute Gasteiger partial charge is 0.449 e. The zero-order valence-electron chi connectivity index (χ0n) is 9.84. The van der Waals surface area contributed by atoms with Crippen LogP contribution in [0.4, 0.5) is 4.79 Å². The number of rotatable bonds is 4. The number of cyclic esters (lactones) is 1. The van der Waals surface area contributed by atoms with Crippen molar-refractivity contribution in [1.29, 1.82) is 0 Å². The van der Waals surface area contributed by atoms with Crippen molar-refractivity contribution in [2.75, 3.05) is 19.7 Å². The van der Waals surface area contributed by atoms with E-state index in [1.54, 1.807) is 4.90 Å². The molecule has 0 spiro atoms. The standard InChI is InChI=1S/C13H18N2O2/c14-12(11-5-2-1-3-6-11)7-9-15-8-4-10-17-13(15)16/h1-3,5-6,12H,4,7-10,14H2. The monoisotopic (exact) mass is 234 g/mol. The second-order valence-electron chi connectivity index (χ2n) is 4.26. The van der Waals surface area contributed by atoms with E-state index in [-0.39, 0.29) is 12.1 Å². The molecule has 1 saturated heterocycles. The lowest BCUT2D eigenvalue weighted by Gasteiger charge is -2.27. The van der Waals surface area contributed by atoms with Crippen LogP contribution in [0, 0.1) is 0 Å². The fourth-order valence-corrected chi connectivity index (χ4v) is 1.96. The van der Waals surface area contributed by atoms with E-state index >= 15 is 0 Å². The molecule has 0 radical (unpaired) electrons. The van der Waals surface area contributed by atoms with Crippen LogP contribution in [0.3, 0.4) is 0 Å². The average Bonchev–Trinajstić information content (AvgIpc) is 2.38. The van der Waals surface area contributed by atoms with Gasteiger partial charge in [0.05, 0.1) is 6.61 Å². The van der Waals surface area contributed by atoms with Gasteiger partial charge in [0.15, 0.2) is 0 Å². The summed E-state index contributed by atoms with van der Waals surface area (Å²) in [7, 11) is 0. The van der Waals surface area contributed by atoms with Crippen molar-refractivity contribution in [3.05, 3.63) is 35.9 Å². The van der Waals surface area contributed by atoms with Gasteiger partial charge in [-0.25, -0.2) is 4.79 Å². The number of amides is 1. The highest BCUT2D eigenvalue weighted by Gasteiger charge is 2.19. The summed E-state index contributed by atoms with van der Waals surface area (Å²) in [4.78, 5) is 13.1. The van der Waals surface area contributed by atoms with Gasteiger partial charge in [0.1, 0.15) is 0 Å². The molecule has 1 heterocycles. The summed E-state index contributed by atoms with van der Waals surface area (Å²) in [6.45, 7) is 1.98. The molecule has 0 bridgehead atoms. The van der Waals surface area contributed by atoms with E-state index in [4.69, 9.17) is 10.5 Å². The quantitative estimate of drug-likeness (QED) is 0.866. The molecule has 2 rings (SSSR count). The zero-order valence-corrected chi connectivity index (χ0v) is 9.84. The predicted octanol–water partition coefficient (Wildman–Crippen LogP) is 1.92. The van der Waals surface area contributed by atoms with E-state index in [9.17, 15) is 4.79 Å². The first kappa shape index (κ1) is 11.9. The Balaban J connectivity index is 1.83. The third-order valence-corrected chi connectivity index (χ3v) is 2.99. The van der Waals surface area contributed by atoms with E-state index in [0.29, 0.717) is 13.2 Å². The summed E-state index contributed by atoms with van der Waals surface area (Å²) in [5.74, 6) is 0. The maximum Gasteiger partial charge on any atom is 0.409 e. The molecule has 1 fully saturated rings. The second kappa shape index (κ2) is 5.68. The summed E-state index contributed by atoms with van der Waals surface area (Å²) in [5, 5.41) is 0. The molecule has 4 heteroatoms. The van der Waals surface area contributed by atoms with E-state index in [1.165, 1.54) is 0 Å². The molecule has 0 saturated carbocycles. The van der Waals surface area contributed by atoms with Crippen LogP contribution in [0.15, 0.2) is 30.3 Å². The van der Waals surface area contributed by atoms with Crippen LogP contribution in [-0.2, 0) is 4.74 Å². The lowest BCUT2D eigenvalue weighted by Crippen LogP contribution is -2.39. The number of nitrogens with two attached hydrogens (primary N) is 1. The van der Waals surface area contributed by atoms with Gasteiger partial charge in [-0.15, -0.1) is 0 Å². The van der Waals surface area contributed by atoms with Gasteiger partial charge in [0.25, 0.3) is 0 Å². The van der Waals surface area contributed by atoms with Crippen LogP contribution >= 0.6 is 0 Å². The molecule has 1 amide bonds. The van der Waals surface area contributed by atoms with Crippen LogP contribution in [0.2, 0.25) is 0 Å². The van der Waals surface area contributed by atoms with Crippen LogP contribution < -0.4 is 5.73 Å². The first-order chi connectivity index (χ1) is 8.27. The Morgan fingerprint density at radius 1 is 1.35 bits per heavy atom. The normalized spacial score (nSPS) is 17.7. The van der Waals surface area contributed by atoms with Crippen molar-refractivity contribution in [2.45, 2.75) is 18.9 Å². The van der Waals surface area contributed by atoms with Crippen LogP contribution in [0.25, 0.3) is 0 Å². The van der Waals surface area contributed by atoms with Gasteiger partial charge in [0, 0.05) is 19.1 Å². The number of nitrogens with zero attached hydrogens (tertiary/aromatic N) is 1. The maximum absolute atomic E-state index is 11.4. The van der Waals surface area contributed by atoms with Crippen molar-refractivity contribution in [3.63, 3.8) is 0 Å². The molecule has 1 atom stereocenters. The number of benzene rings is 1. The summed E-state index contributed by atoms with van der Waals surface area (Å²) in [6, 6.07) is 9.93. The SMILES string of the molecule is NC(CCN1CCCOC1=O)c1ccccc1. The Hall–Kier alpha value is -1.55. The van der Waals surface area contributed by atoms with Gasteiger partial charge in [-0.1, -0.05) is 30.3 Å². The highest BCUT2D eigenvalue weighted by atomic mass is 16.6. The fraction of sp³-hybridized carbons (Fsp3) is 0.462. The molecule has 0 aromatic heterocycles. The molecule has 2 N–H and O–H groups in total. The van der Waals surface area contributed by atoms with Gasteiger partial charge < -0.3 is 15.4 Å². The molecular formula is C13H18N2O2. The van der Waals surface area contributed by atoms with Crippen molar-refractivity contribution >= 4 is 6.09 Å². The molecular weight excluding hydrogens is 216 g/mol. The lowest BCUT2D eigenvalue weighted by atomic mass is 10.0. The molecule has 1 aliphatic rings. The van der Waals surface area contributed by atoms with E-state index in [1.807, 2.05) is 30.3 Å². The Bertz CT molecular complexity index is 367. The van der Waals surface area contributed by atoms with Crippen LogP contribution in [0.1, 0.15) is 24.4 Å². The smallest absolute Gasteiger partial charge is 0.409 e. The van der Waals surface area contributed by atoms with Gasteiger partial charge >= 0.3 is 6.09 Å². The van der Waals surface area contributed by atoms with Gasteiger partial charge in [-0.2, -0.15) is 0 Å². The minimum absolute atomic E-state index is 0.0223. The number of hydrogen-bond acceptors (Lipinski definition) is 3. The zero-order chi connectivity index (χ0) is 12.1. The molecule has 17 heavy (non-hydrogen) atoms. The number of ether oxygens (including phenoxy) is 1. The summed E-state index contributed by atoms with van der Waals surface area (Å²) in [6.07, 6.45) is 1.46. The maximum atomic E-state index is 11.4. The lowest BCUT2D eigenvalue weighted by molar-refractivity contribution is 0.0718. The summed E-state index contributed by atoms with van der Waals surface area (Å²) >= 11 is 0. The molecule has 0 aliphatic carbocycles. The highest BCUT2D eigenvalue weighted by molar-refractivity contribution is 5.68. The first-order valence-corrected chi connectivity index (χ1v) is 5.99. The Morgan fingerprint density at radius 3 is 2.82 bits per heavy atom. The predicted molar refractivity (Wildman–Crippen MR) is 65.5 cm³/mol. The van der Waals surface area contributed by atoms with Gasteiger partial charge in [0.2, 0.25) is 0 Å². The molecule has 1 aromatic rings. The van der Waals surface area contributed by atoms with Crippen molar-refractivity contribution in [3.8, 4) is 0 Å². The molecule has 1 unspecified atom stereocenters. The number of carbonyl (C=O) groups excluding carboxylic acids is 1.